The minimum Gasteiger partial charge on any atom is -0.483 e. The molecule has 0 radical (unpaired) electrons. The third-order valence-corrected chi connectivity index (χ3v) is 5.50. The van der Waals surface area contributed by atoms with Crippen LogP contribution < -0.4 is 10.1 Å². The lowest BCUT2D eigenvalue weighted by molar-refractivity contribution is -0.122. The lowest BCUT2D eigenvalue weighted by atomic mass is 9.97. The molecule has 3 rings (SSSR count). The molecule has 0 fully saturated rings. The van der Waals surface area contributed by atoms with Crippen molar-refractivity contribution in [2.45, 2.75) is 31.1 Å². The third kappa shape index (κ3) is 4.28. The summed E-state index contributed by atoms with van der Waals surface area (Å²) in [6.07, 6.45) is 0.513. The second-order valence-electron chi connectivity index (χ2n) is 6.50. The zero-order chi connectivity index (χ0) is 18.5. The number of benzene rings is 2. The predicted molar refractivity (Wildman–Crippen MR) is 104 cm³/mol. The van der Waals surface area contributed by atoms with Gasteiger partial charge in [-0.3, -0.25) is 9.59 Å². The third-order valence-electron chi connectivity index (χ3n) is 4.48. The number of hydrogen-bond donors (Lipinski definition) is 1. The Morgan fingerprint density at radius 3 is 2.77 bits per heavy atom. The first-order valence-electron chi connectivity index (χ1n) is 8.80. The van der Waals surface area contributed by atoms with Crippen LogP contribution in [0.25, 0.3) is 0 Å². The first kappa shape index (κ1) is 18.5. The Hall–Kier alpha value is -2.27. The van der Waals surface area contributed by atoms with E-state index >= 15 is 0 Å². The van der Waals surface area contributed by atoms with Gasteiger partial charge in [0.25, 0.3) is 5.91 Å². The molecule has 2 aromatic rings. The molecular weight excluding hydrogens is 346 g/mol. The lowest BCUT2D eigenvalue weighted by Crippen LogP contribution is -2.30. The van der Waals surface area contributed by atoms with E-state index in [1.165, 1.54) is 4.90 Å². The van der Waals surface area contributed by atoms with Crippen LogP contribution in [0.2, 0.25) is 0 Å². The van der Waals surface area contributed by atoms with Gasteiger partial charge in [0.15, 0.2) is 12.4 Å². The molecule has 1 amide bonds. The van der Waals surface area contributed by atoms with Crippen molar-refractivity contribution in [1.29, 1.82) is 0 Å². The molecule has 0 spiro atoms. The van der Waals surface area contributed by atoms with Gasteiger partial charge in [-0.05, 0) is 42.2 Å². The minimum atomic E-state index is -0.175. The fraction of sp³-hybridized carbons (Fsp3) is 0.333. The van der Waals surface area contributed by atoms with Crippen molar-refractivity contribution in [3.05, 3.63) is 59.2 Å². The lowest BCUT2D eigenvalue weighted by Gasteiger charge is -2.13. The summed E-state index contributed by atoms with van der Waals surface area (Å²) in [6.45, 7) is 4.56. The molecule has 1 aliphatic carbocycles. The quantitative estimate of drug-likeness (QED) is 0.593. The number of fused-ring (bicyclic) bond motifs is 1. The van der Waals surface area contributed by atoms with Gasteiger partial charge in [-0.25, -0.2) is 0 Å². The number of amides is 1. The van der Waals surface area contributed by atoms with E-state index in [2.05, 4.69) is 12.2 Å². The molecule has 4 nitrogen and oxygen atoms in total. The molecule has 0 aliphatic heterocycles. The van der Waals surface area contributed by atoms with Gasteiger partial charge in [0.1, 0.15) is 5.75 Å². The molecule has 136 valence electrons. The highest BCUT2D eigenvalue weighted by Crippen LogP contribution is 2.40. The molecular formula is C21H23NO3S. The summed E-state index contributed by atoms with van der Waals surface area (Å²) >= 11 is 1.70. The minimum absolute atomic E-state index is 0.0762. The van der Waals surface area contributed by atoms with E-state index in [1.54, 1.807) is 17.8 Å². The van der Waals surface area contributed by atoms with Crippen molar-refractivity contribution in [3.63, 3.8) is 0 Å². The summed E-state index contributed by atoms with van der Waals surface area (Å²) < 4.78 is 5.66. The maximum Gasteiger partial charge on any atom is 0.257 e. The van der Waals surface area contributed by atoms with Crippen molar-refractivity contribution in [2.75, 3.05) is 18.9 Å². The Kier molecular flexibility index (Phi) is 5.99. The van der Waals surface area contributed by atoms with Gasteiger partial charge in [-0.15, -0.1) is 11.8 Å². The van der Waals surface area contributed by atoms with Crippen LogP contribution in [0.4, 0.5) is 0 Å². The van der Waals surface area contributed by atoms with Crippen molar-refractivity contribution in [3.8, 4) is 5.75 Å². The Morgan fingerprint density at radius 1 is 1.23 bits per heavy atom. The van der Waals surface area contributed by atoms with Crippen LogP contribution in [0.1, 0.15) is 40.7 Å². The second kappa shape index (κ2) is 8.41. The molecule has 0 bridgehead atoms. The maximum absolute atomic E-state index is 12.3. The van der Waals surface area contributed by atoms with E-state index in [0.29, 0.717) is 24.3 Å². The van der Waals surface area contributed by atoms with Gasteiger partial charge >= 0.3 is 0 Å². The Labute approximate surface area is 158 Å². The number of rotatable bonds is 7. The van der Waals surface area contributed by atoms with Crippen LogP contribution in [0, 0.1) is 6.92 Å². The van der Waals surface area contributed by atoms with Gasteiger partial charge in [0.05, 0.1) is 5.56 Å². The van der Waals surface area contributed by atoms with E-state index < -0.39 is 0 Å². The number of ketones is 1. The molecule has 1 unspecified atom stereocenters. The van der Waals surface area contributed by atoms with Crippen LogP contribution in [0.15, 0.2) is 47.4 Å². The van der Waals surface area contributed by atoms with E-state index in [-0.39, 0.29) is 24.2 Å². The number of Topliss-reactive ketones (excluding diaryl/α,β-unsaturated/α-hetero) is 1. The van der Waals surface area contributed by atoms with E-state index in [0.717, 1.165) is 16.9 Å². The van der Waals surface area contributed by atoms with Crippen LogP contribution in [0.5, 0.6) is 5.75 Å². The highest BCUT2D eigenvalue weighted by atomic mass is 32.2. The molecule has 26 heavy (non-hydrogen) atoms. The summed E-state index contributed by atoms with van der Waals surface area (Å²) in [4.78, 5) is 25.4. The fourth-order valence-electron chi connectivity index (χ4n) is 3.30. The smallest absolute Gasteiger partial charge is 0.257 e. The number of ether oxygens (including phenoxy) is 1. The molecule has 1 atom stereocenters. The van der Waals surface area contributed by atoms with Gasteiger partial charge in [-0.2, -0.15) is 0 Å². The molecule has 0 saturated carbocycles. The van der Waals surface area contributed by atoms with E-state index in [9.17, 15) is 9.59 Å². The normalized spacial score (nSPS) is 15.6. The Bertz CT molecular complexity index is 804. The van der Waals surface area contributed by atoms with Crippen LogP contribution in [0.3, 0.4) is 0 Å². The average molecular weight is 369 g/mol. The van der Waals surface area contributed by atoms with Crippen LogP contribution >= 0.6 is 11.8 Å². The second-order valence-corrected chi connectivity index (χ2v) is 7.67. The summed E-state index contributed by atoms with van der Waals surface area (Å²) in [5, 5.41) is 2.85. The summed E-state index contributed by atoms with van der Waals surface area (Å²) in [6, 6.07) is 13.8. The van der Waals surface area contributed by atoms with E-state index in [4.69, 9.17) is 4.74 Å². The highest BCUT2D eigenvalue weighted by Gasteiger charge is 2.31. The Balaban J connectivity index is 1.49. The molecule has 2 aromatic carbocycles. The standard InChI is InChI=1S/C21H23NO3S/c1-14-8-9-18(21-17(23)12-15(2)20(14)21)25-13-19(24)22-10-11-26-16-6-4-3-5-7-16/h3-9,15H,10-13H2,1-2H3,(H,22,24). The largest absolute Gasteiger partial charge is 0.483 e. The number of carbonyl (C=O) groups excluding carboxylic acids is 2. The summed E-state index contributed by atoms with van der Waals surface area (Å²) in [5.74, 6) is 1.46. The number of carbonyl (C=O) groups is 2. The monoisotopic (exact) mass is 369 g/mol. The van der Waals surface area contributed by atoms with Gasteiger partial charge in [-0.1, -0.05) is 31.2 Å². The predicted octanol–water partition coefficient (Wildman–Crippen LogP) is 3.97. The Morgan fingerprint density at radius 2 is 2.00 bits per heavy atom. The molecule has 0 aromatic heterocycles. The number of thioether (sulfide) groups is 1. The number of hydrogen-bond acceptors (Lipinski definition) is 4. The average Bonchev–Trinajstić information content (AvgIpc) is 2.94. The van der Waals surface area contributed by atoms with Crippen LogP contribution in [-0.4, -0.2) is 30.6 Å². The molecule has 0 heterocycles. The van der Waals surface area contributed by atoms with Crippen molar-refractivity contribution in [1.82, 2.24) is 5.32 Å². The molecule has 1 aliphatic rings. The zero-order valence-electron chi connectivity index (χ0n) is 15.1. The van der Waals surface area contributed by atoms with Gasteiger partial charge in [0, 0.05) is 23.6 Å². The van der Waals surface area contributed by atoms with Crippen molar-refractivity contribution < 1.29 is 14.3 Å². The summed E-state index contributed by atoms with van der Waals surface area (Å²) in [7, 11) is 0. The molecule has 0 saturated heterocycles. The highest BCUT2D eigenvalue weighted by molar-refractivity contribution is 7.99. The first-order chi connectivity index (χ1) is 12.6. The summed E-state index contributed by atoms with van der Waals surface area (Å²) in [5.41, 5.74) is 2.82. The fourth-order valence-corrected chi connectivity index (χ4v) is 4.09. The van der Waals surface area contributed by atoms with Crippen LogP contribution in [-0.2, 0) is 4.79 Å². The van der Waals surface area contributed by atoms with Crippen molar-refractivity contribution in [2.24, 2.45) is 0 Å². The van der Waals surface area contributed by atoms with Crippen molar-refractivity contribution >= 4 is 23.5 Å². The zero-order valence-corrected chi connectivity index (χ0v) is 15.9. The maximum atomic E-state index is 12.3. The first-order valence-corrected chi connectivity index (χ1v) is 9.79. The number of nitrogens with one attached hydrogen (secondary N) is 1. The topological polar surface area (TPSA) is 55.4 Å². The van der Waals surface area contributed by atoms with Gasteiger partial charge in [0.2, 0.25) is 0 Å². The SMILES string of the molecule is Cc1ccc(OCC(=O)NCCSc2ccccc2)c2c1C(C)CC2=O. The van der Waals surface area contributed by atoms with Gasteiger partial charge < -0.3 is 10.1 Å². The molecule has 1 N–H and O–H groups in total. The molecule has 5 heteroatoms. The number of aryl methyl sites for hydroxylation is 1. The van der Waals surface area contributed by atoms with E-state index in [1.807, 2.05) is 43.3 Å².